The molecule has 0 aliphatic rings. The van der Waals surface area contributed by atoms with Gasteiger partial charge in [0.15, 0.2) is 0 Å². The summed E-state index contributed by atoms with van der Waals surface area (Å²) < 4.78 is 20.3. The quantitative estimate of drug-likeness (QED) is 0.377. The number of rotatable bonds is 0. The van der Waals surface area contributed by atoms with Gasteiger partial charge in [-0.1, -0.05) is 0 Å². The van der Waals surface area contributed by atoms with Crippen molar-refractivity contribution in [2.75, 3.05) is 0 Å². The first-order chi connectivity index (χ1) is 3.15. The average Bonchev–Trinajstić information content (AvgIpc) is 1.33. The van der Waals surface area contributed by atoms with E-state index in [0.717, 1.165) is 0 Å². The van der Waals surface area contributed by atoms with Gasteiger partial charge in [0.1, 0.15) is 0 Å². The summed E-state index contributed by atoms with van der Waals surface area (Å²) in [5.74, 6) is 0. The summed E-state index contributed by atoms with van der Waals surface area (Å²) in [6, 6.07) is 0. The van der Waals surface area contributed by atoms with Crippen molar-refractivity contribution in [3.63, 3.8) is 0 Å². The maximum atomic E-state index is 10.1. The summed E-state index contributed by atoms with van der Waals surface area (Å²) in [7, 11) is 0. The fourth-order valence-corrected chi connectivity index (χ4v) is 0. The molecule has 0 radical (unpaired) electrons. The Morgan fingerprint density at radius 1 is 1.38 bits per heavy atom. The van der Waals surface area contributed by atoms with Gasteiger partial charge in [0.2, 0.25) is 0 Å². The Morgan fingerprint density at radius 2 is 1.38 bits per heavy atom. The van der Waals surface area contributed by atoms with E-state index in [9.17, 15) is 8.78 Å². The molecule has 0 amide bonds. The SMILES string of the molecule is C=C(F)F.I.I[I-]I. The van der Waals surface area contributed by atoms with Crippen LogP contribution in [0.4, 0.5) is 8.78 Å². The molecule has 0 heterocycles. The zero-order chi connectivity index (χ0) is 6.28. The van der Waals surface area contributed by atoms with Crippen LogP contribution in [-0.4, -0.2) is 0 Å². The fourth-order valence-electron chi connectivity index (χ4n) is 0. The maximum absolute atomic E-state index is 10.1. The summed E-state index contributed by atoms with van der Waals surface area (Å²) in [6.45, 7) is 2.22. The number of halogens is 6. The van der Waals surface area contributed by atoms with Crippen LogP contribution in [0.1, 0.15) is 0 Å². The van der Waals surface area contributed by atoms with Gasteiger partial charge in [-0.05, 0) is 6.58 Å². The first kappa shape index (κ1) is 16.9. The van der Waals surface area contributed by atoms with Gasteiger partial charge in [-0.25, -0.2) is 0 Å². The van der Waals surface area contributed by atoms with Crippen molar-refractivity contribution >= 4 is 61.2 Å². The Bertz CT molecular complexity index is 43.3. The van der Waals surface area contributed by atoms with E-state index < -0.39 is 6.08 Å². The summed E-state index contributed by atoms with van der Waals surface area (Å²) in [4.78, 5) is 0. The van der Waals surface area contributed by atoms with Crippen LogP contribution in [0.2, 0.25) is 0 Å². The molecule has 0 aliphatic heterocycles. The van der Waals surface area contributed by atoms with Gasteiger partial charge < -0.3 is 0 Å². The molecule has 0 spiro atoms. The van der Waals surface area contributed by atoms with E-state index >= 15 is 0 Å². The molecule has 0 bridgehead atoms. The molecule has 0 nitrogen and oxygen atoms in total. The molecule has 0 aliphatic carbocycles. The molecule has 0 saturated carbocycles. The number of hydrogen-bond acceptors (Lipinski definition) is 0. The summed E-state index contributed by atoms with van der Waals surface area (Å²) in [5.41, 5.74) is 0. The van der Waals surface area contributed by atoms with Crippen LogP contribution in [0, 0.1) is 0 Å². The van der Waals surface area contributed by atoms with E-state index in [4.69, 9.17) is 0 Å². The topological polar surface area (TPSA) is 0 Å². The summed E-state index contributed by atoms with van der Waals surface area (Å²) in [5, 5.41) is 0. The molecule has 0 aromatic carbocycles. The Kier molecular flexibility index (Phi) is 34.3. The molecule has 6 heteroatoms. The second kappa shape index (κ2) is 16.3. The van der Waals surface area contributed by atoms with Crippen LogP contribution in [0.3, 0.4) is 0 Å². The van der Waals surface area contributed by atoms with E-state index in [1.165, 1.54) is 0 Å². The standard InChI is InChI=1S/C2H2F2.I3.HI/c1-2(3)4;1-3-2;/h1H2;;1H/q;-1;. The molecule has 0 aromatic rings. The van der Waals surface area contributed by atoms with Crippen molar-refractivity contribution in [1.82, 2.24) is 0 Å². The van der Waals surface area contributed by atoms with E-state index in [0.29, 0.717) is 13.3 Å². The molecule has 0 rings (SSSR count). The molecule has 54 valence electrons. The second-order valence-electron chi connectivity index (χ2n) is 0.393. The van der Waals surface area contributed by atoms with Gasteiger partial charge in [-0.2, -0.15) is 8.78 Å². The van der Waals surface area contributed by atoms with Crippen molar-refractivity contribution in [3.05, 3.63) is 12.7 Å². The Hall–Kier alpha value is 2.52. The average molecular weight is 573 g/mol. The molecule has 0 fully saturated rings. The normalized spacial score (nSPS) is 6.00. The van der Waals surface area contributed by atoms with Gasteiger partial charge in [-0.3, -0.25) is 0 Å². The van der Waals surface area contributed by atoms with Crippen LogP contribution in [-0.2, 0) is 0 Å². The zero-order valence-electron chi connectivity index (χ0n) is 3.51. The molecular weight excluding hydrogens is 570 g/mol. The molecule has 0 N–H and O–H groups in total. The third-order valence-electron chi connectivity index (χ3n) is 0. The minimum absolute atomic E-state index is 0. The van der Waals surface area contributed by atoms with Gasteiger partial charge in [0, 0.05) is 0 Å². The molecular formula is C2H3F2I4-. The minimum atomic E-state index is -1.83. The van der Waals surface area contributed by atoms with E-state index in [1.54, 1.807) is 0 Å². The summed E-state index contributed by atoms with van der Waals surface area (Å²) in [6.07, 6.45) is -1.83. The Labute approximate surface area is 93.9 Å². The van der Waals surface area contributed by atoms with E-state index in [2.05, 4.69) is 43.8 Å². The monoisotopic (exact) mass is 573 g/mol. The summed E-state index contributed by atoms with van der Waals surface area (Å²) >= 11 is 5.30. The van der Waals surface area contributed by atoms with Crippen molar-refractivity contribution in [3.8, 4) is 0 Å². The van der Waals surface area contributed by atoms with Crippen molar-refractivity contribution in [2.24, 2.45) is 0 Å². The van der Waals surface area contributed by atoms with Crippen LogP contribution >= 0.6 is 61.2 Å². The third-order valence-corrected chi connectivity index (χ3v) is 0. The van der Waals surface area contributed by atoms with Gasteiger partial charge in [0.05, 0.1) is 0 Å². The van der Waals surface area contributed by atoms with Crippen LogP contribution in [0.15, 0.2) is 12.7 Å². The van der Waals surface area contributed by atoms with Crippen molar-refractivity contribution < 1.29 is 22.0 Å². The van der Waals surface area contributed by atoms with Gasteiger partial charge >= 0.3 is 50.5 Å². The zero-order valence-corrected chi connectivity index (χ0v) is 12.3. The third kappa shape index (κ3) is 75.9. The predicted octanol–water partition coefficient (Wildman–Crippen LogP) is 0.790. The van der Waals surface area contributed by atoms with Crippen LogP contribution in [0.25, 0.3) is 0 Å². The molecule has 0 saturated heterocycles. The van der Waals surface area contributed by atoms with Crippen molar-refractivity contribution in [1.29, 1.82) is 0 Å². The first-order valence-corrected chi connectivity index (χ1v) is 13.6. The van der Waals surface area contributed by atoms with Crippen LogP contribution in [0.5, 0.6) is 0 Å². The Morgan fingerprint density at radius 3 is 1.38 bits per heavy atom. The second-order valence-corrected chi connectivity index (χ2v) is 16.6. The van der Waals surface area contributed by atoms with Gasteiger partial charge in [0.25, 0.3) is 6.08 Å². The molecule has 8 heavy (non-hydrogen) atoms. The van der Waals surface area contributed by atoms with E-state index in [-0.39, 0.29) is 24.0 Å². The molecule has 0 atom stereocenters. The first-order valence-electron chi connectivity index (χ1n) is 1.02. The fraction of sp³-hybridized carbons (Fsp3) is 0. The predicted molar refractivity (Wildman–Crippen MR) is 54.8 cm³/mol. The molecule has 0 aromatic heterocycles. The number of hydrogen-bond donors (Lipinski definition) is 0. The van der Waals surface area contributed by atoms with Crippen LogP contribution < -0.4 is 13.3 Å². The van der Waals surface area contributed by atoms with Crippen molar-refractivity contribution in [2.45, 2.75) is 0 Å². The Balaban J connectivity index is -0.0000000575. The van der Waals surface area contributed by atoms with E-state index in [1.807, 2.05) is 0 Å². The molecule has 0 unspecified atom stereocenters. The van der Waals surface area contributed by atoms with Gasteiger partial charge in [-0.15, -0.1) is 24.0 Å².